The van der Waals surface area contributed by atoms with E-state index in [1.807, 2.05) is 30.0 Å². The average molecular weight is 264 g/mol. The third kappa shape index (κ3) is 3.27. The molecule has 3 nitrogen and oxygen atoms in total. The second kappa shape index (κ2) is 6.25. The van der Waals surface area contributed by atoms with Crippen LogP contribution in [0.15, 0.2) is 24.3 Å². The van der Waals surface area contributed by atoms with Crippen molar-refractivity contribution in [3.8, 4) is 0 Å². The Labute approximate surface area is 113 Å². The van der Waals surface area contributed by atoms with E-state index in [1.54, 1.807) is 7.05 Å². The number of carbonyl (C=O) groups excluding carboxylic acids is 1. The summed E-state index contributed by atoms with van der Waals surface area (Å²) < 4.78 is 0. The molecule has 1 aliphatic heterocycles. The zero-order chi connectivity index (χ0) is 13.0. The largest absolute Gasteiger partial charge is 0.355 e. The minimum Gasteiger partial charge on any atom is -0.355 e. The number of amides is 1. The molecule has 0 unspecified atom stereocenters. The van der Waals surface area contributed by atoms with Gasteiger partial charge in [0.2, 0.25) is 0 Å². The number of nitrogens with zero attached hydrogens (tertiary/aromatic N) is 1. The molecule has 1 amide bonds. The Bertz CT molecular complexity index is 416. The number of thioether (sulfide) groups is 1. The van der Waals surface area contributed by atoms with Crippen LogP contribution in [0.3, 0.4) is 0 Å². The van der Waals surface area contributed by atoms with E-state index in [9.17, 15) is 4.79 Å². The lowest BCUT2D eigenvalue weighted by Crippen LogP contribution is -2.31. The summed E-state index contributed by atoms with van der Waals surface area (Å²) in [5.41, 5.74) is 1.94. The molecule has 1 heterocycles. The average Bonchev–Trinajstić information content (AvgIpc) is 2.92. The van der Waals surface area contributed by atoms with Crippen LogP contribution in [-0.4, -0.2) is 42.4 Å². The van der Waals surface area contributed by atoms with E-state index in [2.05, 4.69) is 23.3 Å². The number of carbonyl (C=O) groups is 1. The van der Waals surface area contributed by atoms with E-state index in [0.29, 0.717) is 6.04 Å². The normalized spacial score (nSPS) is 19.2. The Morgan fingerprint density at radius 1 is 1.56 bits per heavy atom. The molecule has 4 heteroatoms. The first kappa shape index (κ1) is 13.4. The predicted molar refractivity (Wildman–Crippen MR) is 77.0 cm³/mol. The van der Waals surface area contributed by atoms with Gasteiger partial charge in [0.05, 0.1) is 0 Å². The summed E-state index contributed by atoms with van der Waals surface area (Å²) in [4.78, 5) is 14.0. The quantitative estimate of drug-likeness (QED) is 0.902. The maximum absolute atomic E-state index is 11.6. The van der Waals surface area contributed by atoms with Crippen LogP contribution in [0, 0.1) is 0 Å². The van der Waals surface area contributed by atoms with Crippen LogP contribution in [0.5, 0.6) is 0 Å². The molecule has 98 valence electrons. The maximum Gasteiger partial charge on any atom is 0.251 e. The second-order valence-electron chi connectivity index (χ2n) is 4.71. The minimum absolute atomic E-state index is 0.0177. The number of rotatable bonds is 4. The highest BCUT2D eigenvalue weighted by Crippen LogP contribution is 2.22. The van der Waals surface area contributed by atoms with Crippen molar-refractivity contribution in [1.29, 1.82) is 0 Å². The summed E-state index contributed by atoms with van der Waals surface area (Å²) in [6.45, 7) is 0.913. The molecule has 1 N–H and O–H groups in total. The molecule has 1 aromatic rings. The van der Waals surface area contributed by atoms with Crippen molar-refractivity contribution in [1.82, 2.24) is 10.2 Å². The van der Waals surface area contributed by atoms with Gasteiger partial charge < -0.3 is 5.32 Å². The first-order valence-electron chi connectivity index (χ1n) is 6.29. The van der Waals surface area contributed by atoms with Gasteiger partial charge in [0, 0.05) is 31.0 Å². The Kier molecular flexibility index (Phi) is 4.66. The molecule has 18 heavy (non-hydrogen) atoms. The van der Waals surface area contributed by atoms with Crippen molar-refractivity contribution in [2.75, 3.05) is 25.6 Å². The van der Waals surface area contributed by atoms with Crippen LogP contribution in [0.25, 0.3) is 0 Å². The van der Waals surface area contributed by atoms with Crippen LogP contribution in [0.1, 0.15) is 22.3 Å². The highest BCUT2D eigenvalue weighted by atomic mass is 32.2. The molecule has 0 saturated carbocycles. The van der Waals surface area contributed by atoms with Gasteiger partial charge in [-0.2, -0.15) is 11.8 Å². The summed E-state index contributed by atoms with van der Waals surface area (Å²) in [5.74, 6) is 2.48. The van der Waals surface area contributed by atoms with Crippen LogP contribution in [-0.2, 0) is 6.54 Å². The maximum atomic E-state index is 11.6. The summed E-state index contributed by atoms with van der Waals surface area (Å²) >= 11 is 2.03. The fourth-order valence-corrected chi connectivity index (χ4v) is 3.54. The molecule has 1 atom stereocenters. The highest BCUT2D eigenvalue weighted by molar-refractivity contribution is 7.99. The van der Waals surface area contributed by atoms with Crippen LogP contribution in [0.2, 0.25) is 0 Å². The van der Waals surface area contributed by atoms with E-state index in [-0.39, 0.29) is 5.91 Å². The molecular weight excluding hydrogens is 244 g/mol. The third-order valence-corrected chi connectivity index (χ3v) is 4.52. The predicted octanol–water partition coefficient (Wildman–Crippen LogP) is 1.98. The lowest BCUT2D eigenvalue weighted by molar-refractivity contribution is 0.0963. The van der Waals surface area contributed by atoms with E-state index >= 15 is 0 Å². The number of hydrogen-bond acceptors (Lipinski definition) is 3. The number of nitrogens with one attached hydrogen (secondary N) is 1. The fraction of sp³-hybridized carbons (Fsp3) is 0.500. The van der Waals surface area contributed by atoms with Gasteiger partial charge in [-0.15, -0.1) is 0 Å². The third-order valence-electron chi connectivity index (χ3n) is 3.38. The standard InChI is InChI=1S/C14H20N2OS/c1-15-14(17)12-5-3-4-11(8-12)9-16(2)13-6-7-18-10-13/h3-5,8,13H,6-7,9-10H2,1-2H3,(H,15,17)/t13-/m1/s1. The molecular formula is C14H20N2OS. The van der Waals surface area contributed by atoms with Gasteiger partial charge in [-0.1, -0.05) is 12.1 Å². The van der Waals surface area contributed by atoms with Gasteiger partial charge in [0.15, 0.2) is 0 Å². The lowest BCUT2D eigenvalue weighted by atomic mass is 10.1. The number of hydrogen-bond donors (Lipinski definition) is 1. The molecule has 1 aliphatic rings. The SMILES string of the molecule is CNC(=O)c1cccc(CN(C)[C@@H]2CCSC2)c1. The Morgan fingerprint density at radius 2 is 2.39 bits per heavy atom. The molecule has 1 saturated heterocycles. The molecule has 1 aromatic carbocycles. The minimum atomic E-state index is -0.0177. The molecule has 1 fully saturated rings. The zero-order valence-electron chi connectivity index (χ0n) is 11.0. The van der Waals surface area contributed by atoms with Crippen molar-refractivity contribution in [3.05, 3.63) is 35.4 Å². The zero-order valence-corrected chi connectivity index (χ0v) is 11.8. The van der Waals surface area contributed by atoms with Crippen LogP contribution < -0.4 is 5.32 Å². The van der Waals surface area contributed by atoms with Crippen molar-refractivity contribution in [2.24, 2.45) is 0 Å². The molecule has 0 aromatic heterocycles. The molecule has 2 rings (SSSR count). The highest BCUT2D eigenvalue weighted by Gasteiger charge is 2.20. The molecule has 0 spiro atoms. The fourth-order valence-electron chi connectivity index (χ4n) is 2.24. The van der Waals surface area contributed by atoms with Crippen molar-refractivity contribution in [2.45, 2.75) is 19.0 Å². The van der Waals surface area contributed by atoms with Crippen LogP contribution >= 0.6 is 11.8 Å². The van der Waals surface area contributed by atoms with Gasteiger partial charge in [-0.25, -0.2) is 0 Å². The summed E-state index contributed by atoms with van der Waals surface area (Å²) in [7, 11) is 3.83. The van der Waals surface area contributed by atoms with Crippen LogP contribution in [0.4, 0.5) is 0 Å². The Hall–Kier alpha value is -1.00. The molecule has 0 aliphatic carbocycles. The summed E-state index contributed by atoms with van der Waals surface area (Å²) in [6, 6.07) is 8.56. The van der Waals surface area contributed by atoms with Crippen molar-refractivity contribution >= 4 is 17.7 Å². The first-order chi connectivity index (χ1) is 8.70. The Morgan fingerprint density at radius 3 is 3.06 bits per heavy atom. The van der Waals surface area contributed by atoms with E-state index < -0.39 is 0 Å². The second-order valence-corrected chi connectivity index (χ2v) is 5.86. The molecule has 0 radical (unpaired) electrons. The number of benzene rings is 1. The van der Waals surface area contributed by atoms with E-state index in [0.717, 1.165) is 12.1 Å². The smallest absolute Gasteiger partial charge is 0.251 e. The lowest BCUT2D eigenvalue weighted by Gasteiger charge is -2.23. The van der Waals surface area contributed by atoms with Gasteiger partial charge in [0.25, 0.3) is 5.91 Å². The van der Waals surface area contributed by atoms with Crippen molar-refractivity contribution in [3.63, 3.8) is 0 Å². The van der Waals surface area contributed by atoms with Gasteiger partial charge in [0.1, 0.15) is 0 Å². The first-order valence-corrected chi connectivity index (χ1v) is 7.45. The summed E-state index contributed by atoms with van der Waals surface area (Å²) in [5, 5.41) is 2.66. The van der Waals surface area contributed by atoms with Crippen molar-refractivity contribution < 1.29 is 4.79 Å². The van der Waals surface area contributed by atoms with Gasteiger partial charge in [-0.05, 0) is 36.9 Å². The van der Waals surface area contributed by atoms with Gasteiger partial charge in [-0.3, -0.25) is 9.69 Å². The van der Waals surface area contributed by atoms with Gasteiger partial charge >= 0.3 is 0 Å². The topological polar surface area (TPSA) is 32.3 Å². The molecule has 0 bridgehead atoms. The Balaban J connectivity index is 2.02. The van der Waals surface area contributed by atoms with E-state index in [1.165, 1.54) is 23.5 Å². The summed E-state index contributed by atoms with van der Waals surface area (Å²) in [6.07, 6.45) is 1.27. The monoisotopic (exact) mass is 264 g/mol. The van der Waals surface area contributed by atoms with E-state index in [4.69, 9.17) is 0 Å².